The maximum Gasteiger partial charge on any atom is 0.355 e. The molecule has 0 bridgehead atoms. The van der Waals surface area contributed by atoms with Crippen LogP contribution in [0.5, 0.6) is 0 Å². The number of pyridine rings is 4. The van der Waals surface area contributed by atoms with Crippen LogP contribution >= 0.6 is 31.9 Å². The van der Waals surface area contributed by atoms with Gasteiger partial charge in [-0.3, -0.25) is 14.4 Å². The highest BCUT2D eigenvalue weighted by atomic mass is 79.9. The van der Waals surface area contributed by atoms with E-state index in [0.717, 1.165) is 73.9 Å². The summed E-state index contributed by atoms with van der Waals surface area (Å²) in [5, 5.41) is 15.5. The van der Waals surface area contributed by atoms with Gasteiger partial charge in [-0.2, -0.15) is 0 Å². The minimum Gasteiger partial charge on any atom is -0.458 e. The van der Waals surface area contributed by atoms with E-state index in [-0.39, 0.29) is 37.2 Å². The van der Waals surface area contributed by atoms with Gasteiger partial charge in [-0.25, -0.2) is 19.6 Å². The summed E-state index contributed by atoms with van der Waals surface area (Å²) in [6, 6.07) is 24.8. The SMILES string of the molecule is CC[C@@]1(O)C(=O)OCc2c1cc1n(c2=O)Cc2c-1nc1ccccc1c2CC[Si](C)(C)CCCBr.CC[C@@]1(OC(C)=O)C(=O)OCc2c1cc1n(c2=O)Cc2c-1nc1ccccc1c2CC[Si](C)(C)CCCBr. The Hall–Kier alpha value is -5.08. The largest absolute Gasteiger partial charge is 0.458 e. The lowest BCUT2D eigenvalue weighted by Crippen LogP contribution is -2.47. The van der Waals surface area contributed by atoms with Crippen LogP contribution in [0.2, 0.25) is 50.4 Å². The van der Waals surface area contributed by atoms with Crippen LogP contribution in [0.25, 0.3) is 44.6 Å². The predicted molar refractivity (Wildman–Crippen MR) is 297 cm³/mol. The van der Waals surface area contributed by atoms with Gasteiger partial charge in [0, 0.05) is 66.8 Å². The second kappa shape index (κ2) is 20.6. The normalized spacial score (nSPS) is 18.4. The van der Waals surface area contributed by atoms with Crippen molar-refractivity contribution in [2.45, 2.75) is 147 Å². The molecular formula is C56H64Br2N4O9Si2. The Morgan fingerprint density at radius 1 is 0.671 bits per heavy atom. The quantitative estimate of drug-likeness (QED) is 0.0449. The minimum absolute atomic E-state index is 0.110. The third-order valence-corrected chi connectivity index (χ3v) is 23.5. The van der Waals surface area contributed by atoms with E-state index in [4.69, 9.17) is 24.2 Å². The number of halogens is 2. The van der Waals surface area contributed by atoms with E-state index in [1.807, 2.05) is 42.5 Å². The summed E-state index contributed by atoms with van der Waals surface area (Å²) in [7, 11) is -2.78. The lowest BCUT2D eigenvalue weighted by Gasteiger charge is -2.35. The molecule has 0 saturated carbocycles. The highest BCUT2D eigenvalue weighted by molar-refractivity contribution is 9.09. The van der Waals surface area contributed by atoms with Crippen LogP contribution in [-0.4, -0.2) is 68.9 Å². The van der Waals surface area contributed by atoms with Crippen molar-refractivity contribution in [1.82, 2.24) is 19.1 Å². The lowest BCUT2D eigenvalue weighted by atomic mass is 9.85. The number of hydrogen-bond donors (Lipinski definition) is 1. The summed E-state index contributed by atoms with van der Waals surface area (Å²) < 4.78 is 19.7. The average Bonchev–Trinajstić information content (AvgIpc) is 3.93. The maximum absolute atomic E-state index is 13.8. The number of aliphatic hydroxyl groups is 1. The van der Waals surface area contributed by atoms with Crippen LogP contribution in [0, 0.1) is 0 Å². The summed E-state index contributed by atoms with van der Waals surface area (Å²) >= 11 is 7.15. The molecule has 4 aromatic heterocycles. The molecule has 0 aliphatic carbocycles. The first-order valence-corrected chi connectivity index (χ1v) is 34.6. The number of hydrogen-bond acceptors (Lipinski definition) is 11. The molecule has 384 valence electrons. The third kappa shape index (κ3) is 9.54. The topological polar surface area (TPSA) is 169 Å². The van der Waals surface area contributed by atoms with E-state index in [1.165, 1.54) is 49.0 Å². The van der Waals surface area contributed by atoms with Crippen LogP contribution in [0.3, 0.4) is 0 Å². The molecule has 4 aliphatic heterocycles. The van der Waals surface area contributed by atoms with Crippen molar-refractivity contribution in [3.05, 3.63) is 126 Å². The molecule has 17 heteroatoms. The number of alkyl halides is 2. The van der Waals surface area contributed by atoms with Gasteiger partial charge in [-0.1, -0.05) is 132 Å². The van der Waals surface area contributed by atoms with Gasteiger partial charge in [0.1, 0.15) is 13.2 Å². The molecule has 8 heterocycles. The number of nitrogens with zero attached hydrogens (tertiary/aromatic N) is 4. The maximum atomic E-state index is 13.8. The molecule has 73 heavy (non-hydrogen) atoms. The van der Waals surface area contributed by atoms with Crippen LogP contribution in [0.4, 0.5) is 0 Å². The predicted octanol–water partition coefficient (Wildman–Crippen LogP) is 10.8. The van der Waals surface area contributed by atoms with Crippen molar-refractivity contribution < 1.29 is 33.7 Å². The molecule has 4 aliphatic rings. The second-order valence-electron chi connectivity index (χ2n) is 21.5. The van der Waals surface area contributed by atoms with Crippen molar-refractivity contribution in [1.29, 1.82) is 0 Å². The zero-order chi connectivity index (χ0) is 52.2. The molecule has 0 fully saturated rings. The standard InChI is InChI=1S/C29H33BrN2O5Si.C27H31BrN2O4Si/c1-5-29(37-18(2)33)23-15-25-26-21(16-32(25)27(34)22(23)17-36-28(29)35)19(11-14-38(3,4)13-8-12-30)20-9-6-7-10-24(20)31-26;1-4-27(33)21-14-23-24-19(15-30(23)25(31)20(21)16-34-26(27)32)17(10-13-35(2,3)12-7-11-28)18-8-5-6-9-22(18)29-24/h6-7,9-10,15H,5,8,11-14,16-17H2,1-4H3;5-6,8-9,14,33H,4,7,10-13,15-16H2,1-3H3/t29-;27-/m00/s1. The number of para-hydroxylation sites is 2. The first-order chi connectivity index (χ1) is 34.8. The van der Waals surface area contributed by atoms with E-state index >= 15 is 0 Å². The Labute approximate surface area is 444 Å². The molecule has 2 aromatic carbocycles. The van der Waals surface area contributed by atoms with Crippen molar-refractivity contribution >= 4 is 87.7 Å². The Balaban J connectivity index is 0.000000180. The van der Waals surface area contributed by atoms with Gasteiger partial charge < -0.3 is 28.5 Å². The number of rotatable bonds is 15. The lowest BCUT2D eigenvalue weighted by molar-refractivity contribution is -0.188. The van der Waals surface area contributed by atoms with Crippen molar-refractivity contribution in [3.63, 3.8) is 0 Å². The van der Waals surface area contributed by atoms with E-state index < -0.39 is 45.3 Å². The molecule has 6 aromatic rings. The Morgan fingerprint density at radius 2 is 1.12 bits per heavy atom. The Bertz CT molecular complexity index is 3350. The van der Waals surface area contributed by atoms with Gasteiger partial charge >= 0.3 is 17.9 Å². The van der Waals surface area contributed by atoms with Gasteiger partial charge in [-0.15, -0.1) is 0 Å². The van der Waals surface area contributed by atoms with Crippen LogP contribution < -0.4 is 11.1 Å². The number of carbonyl (C=O) groups is 3. The number of ether oxygens (including phenoxy) is 3. The molecule has 0 unspecified atom stereocenters. The van der Waals surface area contributed by atoms with Gasteiger partial charge in [0.25, 0.3) is 11.1 Å². The number of esters is 3. The fourth-order valence-corrected chi connectivity index (χ4v) is 17.7. The van der Waals surface area contributed by atoms with Crippen LogP contribution in [0.1, 0.15) is 91.0 Å². The molecule has 0 saturated heterocycles. The monoisotopic (exact) mass is 1150 g/mol. The van der Waals surface area contributed by atoms with E-state index in [0.29, 0.717) is 46.7 Å². The van der Waals surface area contributed by atoms with Crippen LogP contribution in [-0.2, 0) is 78.9 Å². The minimum atomic E-state index is -1.81. The first-order valence-electron chi connectivity index (χ1n) is 25.6. The van der Waals surface area contributed by atoms with Gasteiger partial charge in [0.15, 0.2) is 5.60 Å². The number of aryl methyl sites for hydroxylation is 2. The van der Waals surface area contributed by atoms with Crippen molar-refractivity contribution in [2.75, 3.05) is 10.7 Å². The molecule has 1 N–H and O–H groups in total. The molecule has 0 amide bonds. The van der Waals surface area contributed by atoms with Gasteiger partial charge in [0.2, 0.25) is 5.60 Å². The summed E-state index contributed by atoms with van der Waals surface area (Å²) in [6.45, 7) is 15.2. The molecule has 13 nitrogen and oxygen atoms in total. The van der Waals surface area contributed by atoms with Crippen LogP contribution in [0.15, 0.2) is 70.3 Å². The first kappa shape index (κ1) is 52.8. The number of benzene rings is 2. The smallest absolute Gasteiger partial charge is 0.355 e. The van der Waals surface area contributed by atoms with Gasteiger partial charge in [0.05, 0.1) is 58.0 Å². The fraction of sp³-hybridized carbons (Fsp3) is 0.446. The van der Waals surface area contributed by atoms with Crippen molar-refractivity contribution in [3.8, 4) is 22.8 Å². The second-order valence-corrected chi connectivity index (χ2v) is 33.8. The number of aromatic nitrogens is 4. The number of fused-ring (bicyclic) bond motifs is 10. The molecule has 2 atom stereocenters. The van der Waals surface area contributed by atoms with Gasteiger partial charge in [-0.05, 0) is 73.9 Å². The third-order valence-electron chi connectivity index (χ3n) is 15.8. The van der Waals surface area contributed by atoms with E-state index in [1.54, 1.807) is 29.0 Å². The fourth-order valence-electron chi connectivity index (χ4n) is 11.5. The highest BCUT2D eigenvalue weighted by Crippen LogP contribution is 2.44. The average molecular weight is 1150 g/mol. The molecule has 0 spiro atoms. The molecule has 0 radical (unpaired) electrons. The molecule has 10 rings (SSSR count). The summed E-state index contributed by atoms with van der Waals surface area (Å²) in [5.41, 5.74) is 6.96. The van der Waals surface area contributed by atoms with E-state index in [2.05, 4.69) is 70.2 Å². The summed E-state index contributed by atoms with van der Waals surface area (Å²) in [5.74, 6) is -1.94. The highest BCUT2D eigenvalue weighted by Gasteiger charge is 2.50. The Morgan fingerprint density at radius 3 is 1.58 bits per heavy atom. The summed E-state index contributed by atoms with van der Waals surface area (Å²) in [4.78, 5) is 74.8. The van der Waals surface area contributed by atoms with Crippen molar-refractivity contribution in [2.24, 2.45) is 0 Å². The zero-order valence-electron chi connectivity index (χ0n) is 42.8. The van der Waals surface area contributed by atoms with E-state index in [9.17, 15) is 29.1 Å². The molecular weight excluding hydrogens is 1090 g/mol. The zero-order valence-corrected chi connectivity index (χ0v) is 48.0. The number of cyclic esters (lactones) is 2. The number of carbonyl (C=O) groups excluding carboxylic acids is 3. The summed E-state index contributed by atoms with van der Waals surface area (Å²) in [6.07, 6.45) is 4.57. The Kier molecular flexibility index (Phi) is 14.9.